The van der Waals surface area contributed by atoms with Gasteiger partial charge in [0.25, 0.3) is 0 Å². The molecule has 8 heavy (non-hydrogen) atoms. The van der Waals surface area contributed by atoms with Crippen molar-refractivity contribution in [2.75, 3.05) is 0 Å². The number of allylic oxidation sites excluding steroid dienone is 2. The number of amidine groups is 1. The molecule has 1 heterocycles. The Hall–Kier alpha value is -0.760. The number of aliphatic imine (C=N–C) groups is 1. The summed E-state index contributed by atoms with van der Waals surface area (Å²) in [5.74, 6) is 0. The molecule has 3 heteroatoms. The molecule has 42 valence electrons. The minimum atomic E-state index is 0.398. The normalized spacial score (nSPS) is 16.9. The van der Waals surface area contributed by atoms with Gasteiger partial charge in [-0.1, -0.05) is 0 Å². The fourth-order valence-electron chi connectivity index (χ4n) is 0.368. The van der Waals surface area contributed by atoms with Crippen LogP contribution in [0.3, 0.4) is 0 Å². The lowest BCUT2D eigenvalue weighted by atomic mass is 10.6. The van der Waals surface area contributed by atoms with Crippen LogP contribution in [-0.4, -0.2) is 5.29 Å². The Morgan fingerprint density at radius 1 is 1.50 bits per heavy atom. The van der Waals surface area contributed by atoms with Crippen molar-refractivity contribution in [1.82, 2.24) is 5.32 Å². The highest BCUT2D eigenvalue weighted by Gasteiger charge is 1.85. The van der Waals surface area contributed by atoms with Crippen LogP contribution in [0.15, 0.2) is 29.5 Å². The van der Waals surface area contributed by atoms with Gasteiger partial charge in [-0.25, -0.2) is 4.99 Å². The van der Waals surface area contributed by atoms with Crippen LogP contribution in [0.25, 0.3) is 0 Å². The summed E-state index contributed by atoms with van der Waals surface area (Å²) < 4.78 is 0. The first-order valence-electron chi connectivity index (χ1n) is 2.21. The average Bonchev–Trinajstić information content (AvgIpc) is 1.94. The van der Waals surface area contributed by atoms with Crippen LogP contribution in [0, 0.1) is 0 Å². The topological polar surface area (TPSA) is 24.4 Å². The van der Waals surface area contributed by atoms with Crippen LogP contribution >= 0.6 is 11.6 Å². The van der Waals surface area contributed by atoms with Gasteiger partial charge in [-0.05, 0) is 23.8 Å². The van der Waals surface area contributed by atoms with Crippen LogP contribution in [-0.2, 0) is 0 Å². The van der Waals surface area contributed by atoms with Crippen LogP contribution in [0.2, 0.25) is 0 Å². The Morgan fingerprint density at radius 2 is 2.38 bits per heavy atom. The lowest BCUT2D eigenvalue weighted by molar-refractivity contribution is 1.30. The highest BCUT2D eigenvalue weighted by Crippen LogP contribution is 1.88. The second kappa shape index (κ2) is 2.52. The minimum absolute atomic E-state index is 0.398. The third kappa shape index (κ3) is 1.39. The van der Waals surface area contributed by atoms with Crippen LogP contribution in [0.5, 0.6) is 0 Å². The monoisotopic (exact) mass is 128 g/mol. The highest BCUT2D eigenvalue weighted by atomic mass is 35.5. The van der Waals surface area contributed by atoms with E-state index in [4.69, 9.17) is 11.6 Å². The molecule has 1 N–H and O–H groups in total. The highest BCUT2D eigenvalue weighted by molar-refractivity contribution is 6.64. The summed E-state index contributed by atoms with van der Waals surface area (Å²) in [5, 5.41) is 3.11. The second-order valence-electron chi connectivity index (χ2n) is 1.26. The van der Waals surface area contributed by atoms with Gasteiger partial charge in [-0.2, -0.15) is 0 Å². The molecule has 0 spiro atoms. The van der Waals surface area contributed by atoms with E-state index in [0.717, 1.165) is 0 Å². The first-order valence-corrected chi connectivity index (χ1v) is 2.59. The van der Waals surface area contributed by atoms with Crippen molar-refractivity contribution in [3.8, 4) is 0 Å². The Bertz CT molecular complexity index is 158. The molecule has 0 aromatic carbocycles. The molecule has 1 aliphatic rings. The van der Waals surface area contributed by atoms with Gasteiger partial charge in [-0.15, -0.1) is 0 Å². The predicted octanol–water partition coefficient (Wildman–Crippen LogP) is 1.21. The smallest absolute Gasteiger partial charge is 0.199 e. The van der Waals surface area contributed by atoms with E-state index in [1.165, 1.54) is 0 Å². The summed E-state index contributed by atoms with van der Waals surface area (Å²) in [6.45, 7) is 0. The van der Waals surface area contributed by atoms with Crippen LogP contribution in [0.4, 0.5) is 0 Å². The number of halogens is 1. The summed E-state index contributed by atoms with van der Waals surface area (Å²) in [6.07, 6.45) is 6.95. The third-order valence-corrected chi connectivity index (χ3v) is 0.890. The van der Waals surface area contributed by atoms with Gasteiger partial charge in [0, 0.05) is 12.4 Å². The summed E-state index contributed by atoms with van der Waals surface area (Å²) >= 11 is 5.46. The molecule has 1 aliphatic heterocycles. The van der Waals surface area contributed by atoms with Crippen molar-refractivity contribution >= 4 is 16.9 Å². The first-order chi connectivity index (χ1) is 3.89. The van der Waals surface area contributed by atoms with E-state index in [1.54, 1.807) is 18.5 Å². The fourth-order valence-corrected chi connectivity index (χ4v) is 0.487. The Morgan fingerprint density at radius 3 is 3.25 bits per heavy atom. The lowest BCUT2D eigenvalue weighted by Gasteiger charge is -1.88. The van der Waals surface area contributed by atoms with E-state index in [-0.39, 0.29) is 0 Å². The van der Waals surface area contributed by atoms with Gasteiger partial charge in [0.2, 0.25) is 0 Å². The fraction of sp³-hybridized carbons (Fsp3) is 0. The third-order valence-electron chi connectivity index (χ3n) is 0.684. The van der Waals surface area contributed by atoms with Gasteiger partial charge in [0.1, 0.15) is 0 Å². The first kappa shape index (κ1) is 5.38. The molecule has 0 bridgehead atoms. The van der Waals surface area contributed by atoms with Gasteiger partial charge in [-0.3, -0.25) is 0 Å². The Kier molecular flexibility index (Phi) is 1.70. The maximum atomic E-state index is 5.46. The SMILES string of the molecule is ClC1=NC=CC=CN1. The standard InChI is InChI=1S/C5H5ClN2/c6-5-7-3-1-2-4-8-5/h1-4H,(H,7,8). The summed E-state index contributed by atoms with van der Waals surface area (Å²) in [6, 6.07) is 0. The molecule has 0 aromatic heterocycles. The van der Waals surface area contributed by atoms with Gasteiger partial charge in [0.05, 0.1) is 0 Å². The maximum absolute atomic E-state index is 5.46. The van der Waals surface area contributed by atoms with Crippen molar-refractivity contribution in [3.05, 3.63) is 24.6 Å². The molecule has 0 aliphatic carbocycles. The molecule has 0 atom stereocenters. The number of nitrogens with zero attached hydrogens (tertiary/aromatic N) is 1. The zero-order valence-electron chi connectivity index (χ0n) is 4.13. The Balaban J connectivity index is 2.69. The molecule has 0 aromatic rings. The molecule has 1 rings (SSSR count). The molecule has 0 radical (unpaired) electrons. The minimum Gasteiger partial charge on any atom is -0.337 e. The molecule has 0 saturated carbocycles. The maximum Gasteiger partial charge on any atom is 0.199 e. The second-order valence-corrected chi connectivity index (χ2v) is 1.62. The van der Waals surface area contributed by atoms with E-state index in [9.17, 15) is 0 Å². The summed E-state index contributed by atoms with van der Waals surface area (Å²) in [4.78, 5) is 3.75. The van der Waals surface area contributed by atoms with Crippen molar-refractivity contribution in [2.45, 2.75) is 0 Å². The predicted molar refractivity (Wildman–Crippen MR) is 34.7 cm³/mol. The Labute approximate surface area is 52.6 Å². The zero-order valence-corrected chi connectivity index (χ0v) is 4.89. The number of hydrogen-bond donors (Lipinski definition) is 1. The van der Waals surface area contributed by atoms with Crippen molar-refractivity contribution in [1.29, 1.82) is 0 Å². The van der Waals surface area contributed by atoms with Crippen molar-refractivity contribution in [2.24, 2.45) is 4.99 Å². The van der Waals surface area contributed by atoms with Gasteiger partial charge in [0.15, 0.2) is 5.29 Å². The molecule has 0 saturated heterocycles. The van der Waals surface area contributed by atoms with Gasteiger partial charge >= 0.3 is 0 Å². The number of rotatable bonds is 0. The largest absolute Gasteiger partial charge is 0.337 e. The molecule has 0 fully saturated rings. The summed E-state index contributed by atoms with van der Waals surface area (Å²) in [7, 11) is 0. The van der Waals surface area contributed by atoms with E-state index in [0.29, 0.717) is 5.29 Å². The molecule has 0 amide bonds. The summed E-state index contributed by atoms with van der Waals surface area (Å²) in [5.41, 5.74) is 0. The number of hydrogen-bond acceptors (Lipinski definition) is 2. The van der Waals surface area contributed by atoms with E-state index < -0.39 is 0 Å². The lowest BCUT2D eigenvalue weighted by Crippen LogP contribution is -2.07. The molecule has 0 unspecified atom stereocenters. The van der Waals surface area contributed by atoms with Crippen LogP contribution < -0.4 is 5.32 Å². The van der Waals surface area contributed by atoms with Crippen LogP contribution in [0.1, 0.15) is 0 Å². The van der Waals surface area contributed by atoms with Gasteiger partial charge < -0.3 is 5.32 Å². The van der Waals surface area contributed by atoms with Crippen molar-refractivity contribution in [3.63, 3.8) is 0 Å². The quantitative estimate of drug-likeness (QED) is 0.488. The van der Waals surface area contributed by atoms with E-state index >= 15 is 0 Å². The molecular formula is C5H5ClN2. The van der Waals surface area contributed by atoms with E-state index in [1.807, 2.05) is 6.08 Å². The average molecular weight is 129 g/mol. The van der Waals surface area contributed by atoms with Crippen molar-refractivity contribution < 1.29 is 0 Å². The number of nitrogens with one attached hydrogen (secondary N) is 1. The van der Waals surface area contributed by atoms with E-state index in [2.05, 4.69) is 10.3 Å². The zero-order chi connectivity index (χ0) is 5.82. The molecular weight excluding hydrogens is 124 g/mol. The molecule has 2 nitrogen and oxygen atoms in total.